The number of hydrogen-bond acceptors (Lipinski definition) is 3. The number of nitrogens with zero attached hydrogens (tertiary/aromatic N) is 1. The van der Waals surface area contributed by atoms with Crippen molar-refractivity contribution in [1.82, 2.24) is 5.16 Å². The Morgan fingerprint density at radius 3 is 2.25 bits per heavy atom. The van der Waals surface area contributed by atoms with Crippen molar-refractivity contribution in [2.75, 3.05) is 5.73 Å². The summed E-state index contributed by atoms with van der Waals surface area (Å²) in [5.41, 5.74) is 7.75. The molecule has 0 spiro atoms. The van der Waals surface area contributed by atoms with E-state index >= 15 is 0 Å². The topological polar surface area (TPSA) is 52.0 Å². The summed E-state index contributed by atoms with van der Waals surface area (Å²) in [4.78, 5) is 0. The third kappa shape index (κ3) is 4.25. The molecular formula is C13H24N2O. The van der Waals surface area contributed by atoms with Crippen LogP contribution < -0.4 is 5.73 Å². The van der Waals surface area contributed by atoms with Crippen LogP contribution in [0.25, 0.3) is 0 Å². The third-order valence-electron chi connectivity index (χ3n) is 3.05. The third-order valence-corrected chi connectivity index (χ3v) is 3.05. The quantitative estimate of drug-likeness (QED) is 0.682. The molecule has 3 heteroatoms. The second kappa shape index (κ2) is 7.31. The lowest BCUT2D eigenvalue weighted by atomic mass is 10.0. The molecule has 92 valence electrons. The Balaban J connectivity index is 2.07. The molecule has 1 rings (SSSR count). The highest BCUT2D eigenvalue weighted by Gasteiger charge is 2.08. The number of nitrogen functional groups attached to an aromatic ring is 1. The van der Waals surface area contributed by atoms with Crippen molar-refractivity contribution in [3.63, 3.8) is 0 Å². The molecule has 0 bridgehead atoms. The predicted molar refractivity (Wildman–Crippen MR) is 67.3 cm³/mol. The maximum atomic E-state index is 5.69. The van der Waals surface area contributed by atoms with Gasteiger partial charge in [-0.2, -0.15) is 0 Å². The van der Waals surface area contributed by atoms with Crippen LogP contribution in [-0.4, -0.2) is 5.16 Å². The molecule has 0 aliphatic heterocycles. The Labute approximate surface area is 98.4 Å². The minimum Gasteiger partial charge on any atom is -0.367 e. The summed E-state index contributed by atoms with van der Waals surface area (Å²) in [7, 11) is 0. The Kier molecular flexibility index (Phi) is 5.98. The molecule has 1 aromatic heterocycles. The van der Waals surface area contributed by atoms with E-state index in [0.717, 1.165) is 17.7 Å². The van der Waals surface area contributed by atoms with Crippen molar-refractivity contribution in [3.8, 4) is 0 Å². The predicted octanol–water partition coefficient (Wildman–Crippen LogP) is 3.86. The average molecular weight is 224 g/mol. The minimum absolute atomic E-state index is 0.503. The molecule has 16 heavy (non-hydrogen) atoms. The summed E-state index contributed by atoms with van der Waals surface area (Å²) >= 11 is 0. The molecule has 0 saturated carbocycles. The first-order chi connectivity index (χ1) is 7.75. The van der Waals surface area contributed by atoms with Gasteiger partial charge in [-0.25, -0.2) is 0 Å². The van der Waals surface area contributed by atoms with Crippen LogP contribution in [0, 0.1) is 6.92 Å². The van der Waals surface area contributed by atoms with Gasteiger partial charge in [-0.3, -0.25) is 0 Å². The molecule has 2 N–H and O–H groups in total. The van der Waals surface area contributed by atoms with Crippen LogP contribution in [0.3, 0.4) is 0 Å². The van der Waals surface area contributed by atoms with E-state index in [4.69, 9.17) is 10.3 Å². The van der Waals surface area contributed by atoms with Crippen LogP contribution in [-0.2, 0) is 6.42 Å². The highest BCUT2D eigenvalue weighted by atomic mass is 16.5. The minimum atomic E-state index is 0.503. The largest absolute Gasteiger partial charge is 0.367 e. The fourth-order valence-corrected chi connectivity index (χ4v) is 1.97. The van der Waals surface area contributed by atoms with Crippen molar-refractivity contribution < 1.29 is 4.52 Å². The lowest BCUT2D eigenvalue weighted by Gasteiger charge is -2.01. The number of aryl methyl sites for hydroxylation is 1. The normalized spacial score (nSPS) is 10.9. The van der Waals surface area contributed by atoms with E-state index in [1.807, 2.05) is 6.92 Å². The van der Waals surface area contributed by atoms with Gasteiger partial charge in [0.05, 0.1) is 5.69 Å². The van der Waals surface area contributed by atoms with E-state index in [1.54, 1.807) is 0 Å². The zero-order valence-corrected chi connectivity index (χ0v) is 10.6. The standard InChI is InChI=1S/C13H24N2O/c1-3-4-5-6-7-8-9-10-12-11(2)15-16-13(12)14/h3-10,14H2,1-2H3. The van der Waals surface area contributed by atoms with Gasteiger partial charge in [0, 0.05) is 5.56 Å². The first kappa shape index (κ1) is 13.1. The van der Waals surface area contributed by atoms with Crippen molar-refractivity contribution in [3.05, 3.63) is 11.3 Å². The van der Waals surface area contributed by atoms with Crippen molar-refractivity contribution in [2.45, 2.75) is 65.2 Å². The van der Waals surface area contributed by atoms with E-state index in [1.165, 1.54) is 44.9 Å². The maximum Gasteiger partial charge on any atom is 0.225 e. The van der Waals surface area contributed by atoms with Crippen molar-refractivity contribution in [1.29, 1.82) is 0 Å². The highest BCUT2D eigenvalue weighted by Crippen LogP contribution is 2.18. The van der Waals surface area contributed by atoms with E-state index in [0.29, 0.717) is 5.88 Å². The van der Waals surface area contributed by atoms with Gasteiger partial charge < -0.3 is 10.3 Å². The summed E-state index contributed by atoms with van der Waals surface area (Å²) in [6, 6.07) is 0. The number of unbranched alkanes of at least 4 members (excludes halogenated alkanes) is 6. The number of rotatable bonds is 8. The smallest absolute Gasteiger partial charge is 0.225 e. The molecule has 0 amide bonds. The second-order valence-electron chi connectivity index (χ2n) is 4.48. The van der Waals surface area contributed by atoms with Crippen LogP contribution in [0.5, 0.6) is 0 Å². The van der Waals surface area contributed by atoms with Crippen LogP contribution in [0.2, 0.25) is 0 Å². The molecule has 0 radical (unpaired) electrons. The molecule has 3 nitrogen and oxygen atoms in total. The van der Waals surface area contributed by atoms with Gasteiger partial charge in [-0.1, -0.05) is 50.6 Å². The summed E-state index contributed by atoms with van der Waals surface area (Å²) in [6.45, 7) is 4.20. The van der Waals surface area contributed by atoms with Gasteiger partial charge in [0.1, 0.15) is 0 Å². The van der Waals surface area contributed by atoms with Gasteiger partial charge >= 0.3 is 0 Å². The van der Waals surface area contributed by atoms with Gasteiger partial charge in [-0.05, 0) is 19.8 Å². The highest BCUT2D eigenvalue weighted by molar-refractivity contribution is 5.38. The fraction of sp³-hybridized carbons (Fsp3) is 0.769. The van der Waals surface area contributed by atoms with Gasteiger partial charge in [0.15, 0.2) is 0 Å². The van der Waals surface area contributed by atoms with Gasteiger partial charge in [-0.15, -0.1) is 0 Å². The average Bonchev–Trinajstić information content (AvgIpc) is 2.59. The summed E-state index contributed by atoms with van der Waals surface area (Å²) in [6.07, 6.45) is 10.3. The molecule has 1 heterocycles. The summed E-state index contributed by atoms with van der Waals surface area (Å²) in [5, 5.41) is 3.86. The zero-order valence-electron chi connectivity index (χ0n) is 10.6. The number of hydrogen-bond donors (Lipinski definition) is 1. The monoisotopic (exact) mass is 224 g/mol. The molecule has 0 saturated heterocycles. The first-order valence-corrected chi connectivity index (χ1v) is 6.46. The van der Waals surface area contributed by atoms with Crippen LogP contribution in [0.4, 0.5) is 5.88 Å². The Morgan fingerprint density at radius 1 is 1.06 bits per heavy atom. The molecule has 0 atom stereocenters. The van der Waals surface area contributed by atoms with Gasteiger partial charge in [0.2, 0.25) is 5.88 Å². The Hall–Kier alpha value is -0.990. The molecular weight excluding hydrogens is 200 g/mol. The molecule has 0 aliphatic rings. The maximum absolute atomic E-state index is 5.69. The van der Waals surface area contributed by atoms with Crippen molar-refractivity contribution in [2.24, 2.45) is 0 Å². The summed E-state index contributed by atoms with van der Waals surface area (Å²) in [5.74, 6) is 0.503. The molecule has 0 aliphatic carbocycles. The lowest BCUT2D eigenvalue weighted by Crippen LogP contribution is -1.92. The molecule has 1 aromatic rings. The number of anilines is 1. The number of nitrogens with two attached hydrogens (primary N) is 1. The first-order valence-electron chi connectivity index (χ1n) is 6.46. The second-order valence-corrected chi connectivity index (χ2v) is 4.48. The van der Waals surface area contributed by atoms with E-state index in [9.17, 15) is 0 Å². The molecule has 0 aromatic carbocycles. The van der Waals surface area contributed by atoms with Crippen molar-refractivity contribution >= 4 is 5.88 Å². The van der Waals surface area contributed by atoms with E-state index < -0.39 is 0 Å². The van der Waals surface area contributed by atoms with Crippen LogP contribution >= 0.6 is 0 Å². The SMILES string of the molecule is CCCCCCCCCc1c(C)noc1N. The Bertz CT molecular complexity index is 275. The molecule has 0 fully saturated rings. The van der Waals surface area contributed by atoms with Crippen LogP contribution in [0.15, 0.2) is 4.52 Å². The van der Waals surface area contributed by atoms with Crippen LogP contribution in [0.1, 0.15) is 63.1 Å². The summed E-state index contributed by atoms with van der Waals surface area (Å²) < 4.78 is 4.93. The van der Waals surface area contributed by atoms with E-state index in [2.05, 4.69) is 12.1 Å². The lowest BCUT2D eigenvalue weighted by molar-refractivity contribution is 0.431. The molecule has 0 unspecified atom stereocenters. The van der Waals surface area contributed by atoms with Gasteiger partial charge in [0.25, 0.3) is 0 Å². The zero-order chi connectivity index (χ0) is 11.8. The van der Waals surface area contributed by atoms with E-state index in [-0.39, 0.29) is 0 Å². The number of aromatic nitrogens is 1. The Morgan fingerprint density at radius 2 is 1.69 bits per heavy atom. The fourth-order valence-electron chi connectivity index (χ4n) is 1.97.